The predicted octanol–water partition coefficient (Wildman–Crippen LogP) is 1.36. The van der Waals surface area contributed by atoms with Crippen LogP contribution in [0.4, 0.5) is 0 Å². The standard InChI is InChI=1S/C16H30N2O2/c1-2-3-4-16(19)14-18-9-7-17(8-10-18)13-15-5-11-20-12-6-15/h2,15-16,19H,1,3-14H2/t16-/m1/s1. The van der Waals surface area contributed by atoms with Gasteiger partial charge in [0.15, 0.2) is 0 Å². The van der Waals surface area contributed by atoms with E-state index >= 15 is 0 Å². The van der Waals surface area contributed by atoms with Gasteiger partial charge in [-0.2, -0.15) is 0 Å². The lowest BCUT2D eigenvalue weighted by Crippen LogP contribution is -2.49. The molecule has 0 unspecified atom stereocenters. The minimum absolute atomic E-state index is 0.199. The number of aliphatic hydroxyl groups excluding tert-OH is 1. The molecule has 0 aromatic heterocycles. The molecule has 0 aromatic carbocycles. The minimum atomic E-state index is -0.199. The van der Waals surface area contributed by atoms with Gasteiger partial charge < -0.3 is 14.7 Å². The Morgan fingerprint density at radius 3 is 2.45 bits per heavy atom. The van der Waals surface area contributed by atoms with Crippen LogP contribution in [0.15, 0.2) is 12.7 Å². The molecule has 4 heteroatoms. The second-order valence-corrected chi connectivity index (χ2v) is 6.18. The van der Waals surface area contributed by atoms with Crippen LogP contribution in [0.5, 0.6) is 0 Å². The van der Waals surface area contributed by atoms with Crippen molar-refractivity contribution in [2.75, 3.05) is 52.5 Å². The van der Waals surface area contributed by atoms with E-state index in [9.17, 15) is 5.11 Å². The molecule has 0 spiro atoms. The van der Waals surface area contributed by atoms with Gasteiger partial charge in [-0.1, -0.05) is 6.08 Å². The van der Waals surface area contributed by atoms with Gasteiger partial charge >= 0.3 is 0 Å². The molecule has 0 radical (unpaired) electrons. The van der Waals surface area contributed by atoms with Gasteiger partial charge in [0, 0.05) is 52.5 Å². The average molecular weight is 282 g/mol. The summed E-state index contributed by atoms with van der Waals surface area (Å²) in [5.74, 6) is 0.827. The topological polar surface area (TPSA) is 35.9 Å². The van der Waals surface area contributed by atoms with Gasteiger partial charge in [0.2, 0.25) is 0 Å². The second-order valence-electron chi connectivity index (χ2n) is 6.18. The zero-order valence-corrected chi connectivity index (χ0v) is 12.7. The molecule has 0 amide bonds. The molecule has 2 aliphatic heterocycles. The van der Waals surface area contributed by atoms with Crippen LogP contribution in [0.1, 0.15) is 25.7 Å². The van der Waals surface area contributed by atoms with E-state index in [-0.39, 0.29) is 6.10 Å². The monoisotopic (exact) mass is 282 g/mol. The lowest BCUT2D eigenvalue weighted by atomic mass is 9.99. The summed E-state index contributed by atoms with van der Waals surface area (Å²) in [5.41, 5.74) is 0. The summed E-state index contributed by atoms with van der Waals surface area (Å²) in [4.78, 5) is 4.98. The van der Waals surface area contributed by atoms with Crippen molar-refractivity contribution in [2.45, 2.75) is 31.8 Å². The summed E-state index contributed by atoms with van der Waals surface area (Å²) < 4.78 is 5.42. The molecule has 0 bridgehead atoms. The molecule has 116 valence electrons. The van der Waals surface area contributed by atoms with Crippen LogP contribution in [-0.4, -0.2) is 73.5 Å². The van der Waals surface area contributed by atoms with Crippen molar-refractivity contribution < 1.29 is 9.84 Å². The Labute approximate surface area is 123 Å². The van der Waals surface area contributed by atoms with E-state index < -0.39 is 0 Å². The summed E-state index contributed by atoms with van der Waals surface area (Å²) in [6.45, 7) is 12.1. The Balaban J connectivity index is 1.60. The second kappa shape index (κ2) is 8.78. The van der Waals surface area contributed by atoms with Gasteiger partial charge in [-0.05, 0) is 31.6 Å². The van der Waals surface area contributed by atoms with E-state index in [0.717, 1.165) is 64.7 Å². The Hall–Kier alpha value is -0.420. The first kappa shape index (κ1) is 16.0. The molecular formula is C16H30N2O2. The van der Waals surface area contributed by atoms with Gasteiger partial charge in [-0.25, -0.2) is 0 Å². The molecule has 2 heterocycles. The van der Waals surface area contributed by atoms with Crippen LogP contribution >= 0.6 is 0 Å². The normalized spacial score (nSPS) is 24.6. The number of hydrogen-bond donors (Lipinski definition) is 1. The van der Waals surface area contributed by atoms with E-state index in [1.54, 1.807) is 0 Å². The highest BCUT2D eigenvalue weighted by Crippen LogP contribution is 2.17. The number of nitrogens with zero attached hydrogens (tertiary/aromatic N) is 2. The predicted molar refractivity (Wildman–Crippen MR) is 81.9 cm³/mol. The van der Waals surface area contributed by atoms with E-state index in [4.69, 9.17) is 4.74 Å². The molecule has 2 rings (SSSR count). The maximum atomic E-state index is 9.94. The fourth-order valence-corrected chi connectivity index (χ4v) is 3.15. The summed E-state index contributed by atoms with van der Waals surface area (Å²) >= 11 is 0. The van der Waals surface area contributed by atoms with Crippen molar-refractivity contribution in [3.63, 3.8) is 0 Å². The van der Waals surface area contributed by atoms with Crippen LogP contribution in [0.2, 0.25) is 0 Å². The van der Waals surface area contributed by atoms with Crippen molar-refractivity contribution in [3.8, 4) is 0 Å². The maximum Gasteiger partial charge on any atom is 0.0670 e. The van der Waals surface area contributed by atoms with E-state index in [0.29, 0.717) is 0 Å². The quantitative estimate of drug-likeness (QED) is 0.715. The van der Waals surface area contributed by atoms with Crippen molar-refractivity contribution in [2.24, 2.45) is 5.92 Å². The van der Waals surface area contributed by atoms with Crippen LogP contribution < -0.4 is 0 Å². The Morgan fingerprint density at radius 1 is 1.15 bits per heavy atom. The van der Waals surface area contributed by atoms with Crippen LogP contribution in [0.3, 0.4) is 0 Å². The van der Waals surface area contributed by atoms with Crippen LogP contribution in [-0.2, 0) is 4.74 Å². The first-order valence-electron chi connectivity index (χ1n) is 8.09. The van der Waals surface area contributed by atoms with Crippen LogP contribution in [0.25, 0.3) is 0 Å². The number of rotatable bonds is 7. The minimum Gasteiger partial charge on any atom is -0.392 e. The summed E-state index contributed by atoms with van der Waals surface area (Å²) in [7, 11) is 0. The fraction of sp³-hybridized carbons (Fsp3) is 0.875. The number of aliphatic hydroxyl groups is 1. The average Bonchev–Trinajstić information content (AvgIpc) is 2.48. The summed E-state index contributed by atoms with van der Waals surface area (Å²) in [6.07, 6.45) is 5.88. The Kier molecular flexibility index (Phi) is 7.00. The molecule has 1 atom stereocenters. The molecule has 1 N–H and O–H groups in total. The summed E-state index contributed by atoms with van der Waals surface area (Å²) in [6, 6.07) is 0. The van der Waals surface area contributed by atoms with Crippen molar-refractivity contribution in [3.05, 3.63) is 12.7 Å². The number of allylic oxidation sites excluding steroid dienone is 1. The lowest BCUT2D eigenvalue weighted by molar-refractivity contribution is 0.0336. The van der Waals surface area contributed by atoms with E-state index in [2.05, 4.69) is 16.4 Å². The van der Waals surface area contributed by atoms with Gasteiger partial charge in [0.1, 0.15) is 0 Å². The number of hydrogen-bond acceptors (Lipinski definition) is 4. The number of ether oxygens (including phenoxy) is 1. The molecule has 4 nitrogen and oxygen atoms in total. The van der Waals surface area contributed by atoms with Crippen molar-refractivity contribution in [1.29, 1.82) is 0 Å². The molecule has 0 aromatic rings. The maximum absolute atomic E-state index is 9.94. The molecular weight excluding hydrogens is 252 g/mol. The molecule has 0 aliphatic carbocycles. The molecule has 2 aliphatic rings. The van der Waals surface area contributed by atoms with Gasteiger partial charge in [-0.15, -0.1) is 6.58 Å². The largest absolute Gasteiger partial charge is 0.392 e. The highest BCUT2D eigenvalue weighted by Gasteiger charge is 2.22. The Bertz CT molecular complexity index is 272. The SMILES string of the molecule is C=CCC[C@@H](O)CN1CCN(CC2CCOCC2)CC1. The van der Waals surface area contributed by atoms with E-state index in [1.807, 2.05) is 6.08 Å². The smallest absolute Gasteiger partial charge is 0.0670 e. The fourth-order valence-electron chi connectivity index (χ4n) is 3.15. The molecule has 0 saturated carbocycles. The zero-order chi connectivity index (χ0) is 14.2. The molecule has 2 fully saturated rings. The van der Waals surface area contributed by atoms with Crippen molar-refractivity contribution in [1.82, 2.24) is 9.80 Å². The van der Waals surface area contributed by atoms with Gasteiger partial charge in [-0.3, -0.25) is 4.90 Å². The van der Waals surface area contributed by atoms with E-state index in [1.165, 1.54) is 19.4 Å². The molecule has 20 heavy (non-hydrogen) atoms. The number of β-amino-alcohol motifs (C(OH)–C–C–N with tert-alkyl or cyclic N) is 1. The lowest BCUT2D eigenvalue weighted by Gasteiger charge is -2.37. The van der Waals surface area contributed by atoms with Gasteiger partial charge in [0.25, 0.3) is 0 Å². The first-order chi connectivity index (χ1) is 9.78. The highest BCUT2D eigenvalue weighted by atomic mass is 16.5. The zero-order valence-electron chi connectivity index (χ0n) is 12.7. The van der Waals surface area contributed by atoms with Gasteiger partial charge in [0.05, 0.1) is 6.10 Å². The number of piperazine rings is 1. The highest BCUT2D eigenvalue weighted by molar-refractivity contribution is 4.78. The first-order valence-corrected chi connectivity index (χ1v) is 8.09. The summed E-state index contributed by atoms with van der Waals surface area (Å²) in [5, 5.41) is 9.94. The molecule has 2 saturated heterocycles. The van der Waals surface area contributed by atoms with Crippen molar-refractivity contribution >= 4 is 0 Å². The third-order valence-corrected chi connectivity index (χ3v) is 4.50. The Morgan fingerprint density at radius 2 is 1.80 bits per heavy atom. The third-order valence-electron chi connectivity index (χ3n) is 4.50. The third kappa shape index (κ3) is 5.52. The van der Waals surface area contributed by atoms with Crippen LogP contribution in [0, 0.1) is 5.92 Å².